The molecule has 0 radical (unpaired) electrons. The lowest BCUT2D eigenvalue weighted by Crippen LogP contribution is -2.13. The Labute approximate surface area is 184 Å². The van der Waals surface area contributed by atoms with Gasteiger partial charge in [-0.2, -0.15) is 5.10 Å². The minimum Gasteiger partial charge on any atom is -0.439 e. The SMILES string of the molecule is Cc1cc(C)n(-c2cc(Oc3ccc(NS(=O)(=O)c4ccccc4Cl)cc3)ncn2)n1. The minimum absolute atomic E-state index is 0.00894. The maximum atomic E-state index is 12.5. The summed E-state index contributed by atoms with van der Waals surface area (Å²) in [5.74, 6) is 1.40. The largest absolute Gasteiger partial charge is 0.439 e. The molecule has 0 aliphatic rings. The summed E-state index contributed by atoms with van der Waals surface area (Å²) in [6.45, 7) is 3.84. The molecule has 4 rings (SSSR count). The molecule has 0 saturated carbocycles. The van der Waals surface area contributed by atoms with Crippen LogP contribution in [-0.2, 0) is 10.0 Å². The van der Waals surface area contributed by atoms with E-state index in [-0.39, 0.29) is 9.92 Å². The van der Waals surface area contributed by atoms with E-state index in [0.29, 0.717) is 23.1 Å². The van der Waals surface area contributed by atoms with Crippen molar-refractivity contribution < 1.29 is 13.2 Å². The van der Waals surface area contributed by atoms with Crippen LogP contribution in [0.15, 0.2) is 71.9 Å². The number of sulfonamides is 1. The number of halogens is 1. The molecule has 0 fully saturated rings. The molecule has 4 aromatic rings. The van der Waals surface area contributed by atoms with Crippen LogP contribution in [0.4, 0.5) is 5.69 Å². The fourth-order valence-electron chi connectivity index (χ4n) is 2.95. The van der Waals surface area contributed by atoms with Gasteiger partial charge in [0.2, 0.25) is 5.88 Å². The Kier molecular flexibility index (Phi) is 5.62. The molecule has 0 saturated heterocycles. The lowest BCUT2D eigenvalue weighted by molar-refractivity contribution is 0.460. The number of benzene rings is 2. The van der Waals surface area contributed by atoms with Gasteiger partial charge in [-0.3, -0.25) is 4.72 Å². The summed E-state index contributed by atoms with van der Waals surface area (Å²) < 4.78 is 35.1. The maximum absolute atomic E-state index is 12.5. The highest BCUT2D eigenvalue weighted by molar-refractivity contribution is 7.92. The predicted octanol–water partition coefficient (Wildman–Crippen LogP) is 4.53. The van der Waals surface area contributed by atoms with Crippen LogP contribution >= 0.6 is 11.6 Å². The first-order chi connectivity index (χ1) is 14.8. The number of rotatable bonds is 6. The second-order valence-corrected chi connectivity index (χ2v) is 8.77. The Morgan fingerprint density at radius 1 is 1.00 bits per heavy atom. The molecular formula is C21H18ClN5O3S. The van der Waals surface area contributed by atoms with E-state index in [0.717, 1.165) is 11.4 Å². The Morgan fingerprint density at radius 2 is 1.74 bits per heavy atom. The van der Waals surface area contributed by atoms with Crippen LogP contribution in [0.2, 0.25) is 5.02 Å². The van der Waals surface area contributed by atoms with Gasteiger partial charge in [0.15, 0.2) is 5.82 Å². The van der Waals surface area contributed by atoms with Crippen LogP contribution in [-0.4, -0.2) is 28.2 Å². The molecule has 8 nitrogen and oxygen atoms in total. The first kappa shape index (κ1) is 20.8. The van der Waals surface area contributed by atoms with Crippen molar-refractivity contribution in [1.82, 2.24) is 19.7 Å². The average molecular weight is 456 g/mol. The summed E-state index contributed by atoms with van der Waals surface area (Å²) in [5, 5.41) is 4.55. The van der Waals surface area contributed by atoms with Crippen molar-refractivity contribution in [3.8, 4) is 17.4 Å². The average Bonchev–Trinajstić information content (AvgIpc) is 3.08. The standard InChI is InChI=1S/C21H18ClN5O3S/c1-14-11-15(2)27(25-14)20-12-21(24-13-23-20)30-17-9-7-16(8-10-17)26-31(28,29)19-6-4-3-5-18(19)22/h3-13,26H,1-2H3. The molecule has 0 amide bonds. The molecule has 2 aromatic heterocycles. The van der Waals surface area contributed by atoms with Crippen LogP contribution in [0, 0.1) is 13.8 Å². The zero-order valence-corrected chi connectivity index (χ0v) is 18.2. The predicted molar refractivity (Wildman–Crippen MR) is 117 cm³/mol. The van der Waals surface area contributed by atoms with E-state index in [9.17, 15) is 8.42 Å². The molecule has 31 heavy (non-hydrogen) atoms. The second kappa shape index (κ2) is 8.37. The van der Waals surface area contributed by atoms with Gasteiger partial charge in [-0.25, -0.2) is 23.1 Å². The van der Waals surface area contributed by atoms with E-state index in [1.807, 2.05) is 19.9 Å². The van der Waals surface area contributed by atoms with Gasteiger partial charge in [0, 0.05) is 17.4 Å². The number of aryl methyl sites for hydroxylation is 2. The van der Waals surface area contributed by atoms with Crippen molar-refractivity contribution in [3.05, 3.63) is 83.4 Å². The van der Waals surface area contributed by atoms with Crippen molar-refractivity contribution in [3.63, 3.8) is 0 Å². The molecule has 0 unspecified atom stereocenters. The van der Waals surface area contributed by atoms with Gasteiger partial charge in [-0.05, 0) is 56.3 Å². The molecule has 0 bridgehead atoms. The van der Waals surface area contributed by atoms with Crippen LogP contribution in [0.25, 0.3) is 5.82 Å². The van der Waals surface area contributed by atoms with Crippen LogP contribution in [0.5, 0.6) is 11.6 Å². The molecule has 0 atom stereocenters. The maximum Gasteiger partial charge on any atom is 0.263 e. The summed E-state index contributed by atoms with van der Waals surface area (Å²) in [7, 11) is -3.81. The topological polar surface area (TPSA) is 99.0 Å². The van der Waals surface area contributed by atoms with Crippen molar-refractivity contribution in [2.75, 3.05) is 4.72 Å². The van der Waals surface area contributed by atoms with Gasteiger partial charge in [0.1, 0.15) is 17.0 Å². The number of ether oxygens (including phenoxy) is 1. The lowest BCUT2D eigenvalue weighted by atomic mass is 10.3. The lowest BCUT2D eigenvalue weighted by Gasteiger charge is -2.10. The quantitative estimate of drug-likeness (QED) is 0.458. The van der Waals surface area contributed by atoms with Crippen LogP contribution in [0.3, 0.4) is 0 Å². The van der Waals surface area contributed by atoms with Crippen molar-refractivity contribution in [2.24, 2.45) is 0 Å². The fourth-order valence-corrected chi connectivity index (χ4v) is 4.53. The van der Waals surface area contributed by atoms with Gasteiger partial charge in [-0.15, -0.1) is 0 Å². The third kappa shape index (κ3) is 4.68. The number of aromatic nitrogens is 4. The molecule has 158 valence electrons. The van der Waals surface area contributed by atoms with Gasteiger partial charge in [0.25, 0.3) is 10.0 Å². The number of nitrogens with one attached hydrogen (secondary N) is 1. The number of hydrogen-bond acceptors (Lipinski definition) is 6. The molecule has 2 heterocycles. The summed E-state index contributed by atoms with van der Waals surface area (Å²) in [4.78, 5) is 8.37. The van der Waals surface area contributed by atoms with Crippen molar-refractivity contribution >= 4 is 27.3 Å². The highest BCUT2D eigenvalue weighted by Gasteiger charge is 2.17. The third-order valence-corrected chi connectivity index (χ3v) is 6.19. The number of nitrogens with zero attached hydrogens (tertiary/aromatic N) is 4. The first-order valence-corrected chi connectivity index (χ1v) is 11.1. The smallest absolute Gasteiger partial charge is 0.263 e. The van der Waals surface area contributed by atoms with E-state index in [1.54, 1.807) is 47.1 Å². The van der Waals surface area contributed by atoms with Crippen molar-refractivity contribution in [2.45, 2.75) is 18.7 Å². The summed E-state index contributed by atoms with van der Waals surface area (Å²) in [5.41, 5.74) is 2.20. The second-order valence-electron chi connectivity index (χ2n) is 6.72. The Hall–Kier alpha value is -3.43. The van der Waals surface area contributed by atoms with E-state index in [1.165, 1.54) is 18.5 Å². The Balaban J connectivity index is 1.50. The van der Waals surface area contributed by atoms with E-state index >= 15 is 0 Å². The highest BCUT2D eigenvalue weighted by Crippen LogP contribution is 2.26. The zero-order chi connectivity index (χ0) is 22.0. The molecule has 1 N–H and O–H groups in total. The molecular weight excluding hydrogens is 438 g/mol. The Bertz CT molecular complexity index is 1340. The van der Waals surface area contributed by atoms with Gasteiger partial charge < -0.3 is 4.74 Å². The Morgan fingerprint density at radius 3 is 2.42 bits per heavy atom. The fraction of sp³-hybridized carbons (Fsp3) is 0.0952. The first-order valence-electron chi connectivity index (χ1n) is 9.23. The summed E-state index contributed by atoms with van der Waals surface area (Å²) in [6, 6.07) is 16.3. The number of hydrogen-bond donors (Lipinski definition) is 1. The van der Waals surface area contributed by atoms with Crippen molar-refractivity contribution in [1.29, 1.82) is 0 Å². The normalized spacial score (nSPS) is 11.3. The summed E-state index contributed by atoms with van der Waals surface area (Å²) in [6.07, 6.45) is 1.40. The van der Waals surface area contributed by atoms with E-state index in [4.69, 9.17) is 16.3 Å². The van der Waals surface area contributed by atoms with Gasteiger partial charge in [0.05, 0.1) is 10.7 Å². The van der Waals surface area contributed by atoms with Crippen LogP contribution < -0.4 is 9.46 Å². The minimum atomic E-state index is -3.81. The highest BCUT2D eigenvalue weighted by atomic mass is 35.5. The molecule has 10 heteroatoms. The molecule has 2 aromatic carbocycles. The van der Waals surface area contributed by atoms with E-state index < -0.39 is 10.0 Å². The van der Waals surface area contributed by atoms with Gasteiger partial charge >= 0.3 is 0 Å². The molecule has 0 aliphatic carbocycles. The van der Waals surface area contributed by atoms with Crippen LogP contribution in [0.1, 0.15) is 11.4 Å². The zero-order valence-electron chi connectivity index (χ0n) is 16.7. The monoisotopic (exact) mass is 455 g/mol. The summed E-state index contributed by atoms with van der Waals surface area (Å²) >= 11 is 6.00. The number of anilines is 1. The van der Waals surface area contributed by atoms with E-state index in [2.05, 4.69) is 19.8 Å². The van der Waals surface area contributed by atoms with Gasteiger partial charge in [-0.1, -0.05) is 23.7 Å². The molecule has 0 aliphatic heterocycles. The third-order valence-electron chi connectivity index (χ3n) is 4.31. The molecule has 0 spiro atoms.